The molecule has 5 rings (SSSR count). The SMILES string of the molecule is Cc1cc(CN(CC2CCCC2)C(CC(=O)O)c2ccc3c(c2)CCO3)ccc1OCCN1C(=O)CCN(C)C1=O. The number of carboxylic acid groups (broad SMARTS) is 1. The van der Waals surface area contributed by atoms with Crippen LogP contribution < -0.4 is 9.47 Å². The number of carbonyl (C=O) groups excluding carboxylic acids is 2. The number of urea groups is 1. The summed E-state index contributed by atoms with van der Waals surface area (Å²) in [6.45, 7) is 5.02. The van der Waals surface area contributed by atoms with Crippen LogP contribution in [0.3, 0.4) is 0 Å². The molecular weight excluding hydrogens is 522 g/mol. The molecule has 9 heteroatoms. The summed E-state index contributed by atoms with van der Waals surface area (Å²) in [4.78, 5) is 41.7. The summed E-state index contributed by atoms with van der Waals surface area (Å²) < 4.78 is 11.7. The third-order valence-electron chi connectivity index (χ3n) is 8.59. The fourth-order valence-corrected chi connectivity index (χ4v) is 6.34. The predicted molar refractivity (Wildman–Crippen MR) is 154 cm³/mol. The van der Waals surface area contributed by atoms with Gasteiger partial charge in [0, 0.05) is 45.6 Å². The number of carbonyl (C=O) groups is 3. The Kier molecular flexibility index (Phi) is 9.12. The van der Waals surface area contributed by atoms with Gasteiger partial charge in [0.2, 0.25) is 5.91 Å². The lowest BCUT2D eigenvalue weighted by atomic mass is 9.96. The Labute approximate surface area is 242 Å². The molecule has 0 aromatic heterocycles. The van der Waals surface area contributed by atoms with Crippen LogP contribution in [0.5, 0.6) is 11.5 Å². The lowest BCUT2D eigenvalue weighted by Crippen LogP contribution is -2.51. The van der Waals surface area contributed by atoms with Crippen molar-refractivity contribution < 1.29 is 29.0 Å². The Bertz CT molecular complexity index is 1270. The fourth-order valence-electron chi connectivity index (χ4n) is 6.34. The number of imide groups is 1. The number of fused-ring (bicyclic) bond motifs is 1. The topological polar surface area (TPSA) is 99.6 Å². The second kappa shape index (κ2) is 12.9. The zero-order valence-electron chi connectivity index (χ0n) is 24.1. The summed E-state index contributed by atoms with van der Waals surface area (Å²) in [7, 11) is 1.70. The van der Waals surface area contributed by atoms with Crippen molar-refractivity contribution in [2.75, 3.05) is 39.9 Å². The lowest BCUT2D eigenvalue weighted by molar-refractivity contribution is -0.138. The first-order valence-electron chi connectivity index (χ1n) is 14.8. The summed E-state index contributed by atoms with van der Waals surface area (Å²) in [5, 5.41) is 9.90. The van der Waals surface area contributed by atoms with E-state index in [1.165, 1.54) is 30.6 Å². The van der Waals surface area contributed by atoms with Crippen LogP contribution in [0, 0.1) is 12.8 Å². The molecule has 1 aliphatic carbocycles. The van der Waals surface area contributed by atoms with E-state index in [1.54, 1.807) is 11.9 Å². The minimum atomic E-state index is -0.806. The van der Waals surface area contributed by atoms with Gasteiger partial charge >= 0.3 is 12.0 Å². The molecule has 3 amide bonds. The van der Waals surface area contributed by atoms with Crippen LogP contribution >= 0.6 is 0 Å². The Balaban J connectivity index is 1.30. The van der Waals surface area contributed by atoms with E-state index in [-0.39, 0.29) is 37.6 Å². The van der Waals surface area contributed by atoms with Crippen molar-refractivity contribution in [2.24, 2.45) is 5.92 Å². The van der Waals surface area contributed by atoms with Gasteiger partial charge in [0.15, 0.2) is 0 Å². The smallest absolute Gasteiger partial charge is 0.326 e. The van der Waals surface area contributed by atoms with E-state index in [4.69, 9.17) is 9.47 Å². The van der Waals surface area contributed by atoms with Crippen LogP contribution in [0.1, 0.15) is 66.8 Å². The molecule has 2 heterocycles. The molecule has 0 spiro atoms. The van der Waals surface area contributed by atoms with Crippen LogP contribution in [0.4, 0.5) is 4.79 Å². The fraction of sp³-hybridized carbons (Fsp3) is 0.531. The zero-order valence-corrected chi connectivity index (χ0v) is 24.1. The van der Waals surface area contributed by atoms with E-state index < -0.39 is 5.97 Å². The van der Waals surface area contributed by atoms with Gasteiger partial charge in [-0.05, 0) is 60.1 Å². The summed E-state index contributed by atoms with van der Waals surface area (Å²) in [6, 6.07) is 11.7. The number of rotatable bonds is 12. The molecule has 9 nitrogen and oxygen atoms in total. The van der Waals surface area contributed by atoms with Gasteiger partial charge in [0.25, 0.3) is 0 Å². The van der Waals surface area contributed by atoms with Crippen molar-refractivity contribution in [1.29, 1.82) is 0 Å². The van der Waals surface area contributed by atoms with Crippen LogP contribution in [-0.2, 0) is 22.6 Å². The van der Waals surface area contributed by atoms with Crippen molar-refractivity contribution in [3.63, 3.8) is 0 Å². The van der Waals surface area contributed by atoms with Gasteiger partial charge in [0.05, 0.1) is 19.6 Å². The molecule has 1 atom stereocenters. The predicted octanol–water partition coefficient (Wildman–Crippen LogP) is 4.80. The summed E-state index contributed by atoms with van der Waals surface area (Å²) >= 11 is 0. The number of hydrogen-bond acceptors (Lipinski definition) is 6. The van der Waals surface area contributed by atoms with Crippen LogP contribution in [-0.4, -0.2) is 77.6 Å². The zero-order chi connectivity index (χ0) is 28.9. The summed E-state index contributed by atoms with van der Waals surface area (Å²) in [5.74, 6) is 1.20. The number of aliphatic carboxylic acids is 1. The normalized spacial score (nSPS) is 18.1. The Hall–Kier alpha value is -3.59. The van der Waals surface area contributed by atoms with Crippen molar-refractivity contribution >= 4 is 17.9 Å². The number of carboxylic acids is 1. The molecule has 0 radical (unpaired) electrons. The first-order chi connectivity index (χ1) is 19.8. The van der Waals surface area contributed by atoms with E-state index >= 15 is 0 Å². The second-order valence-electron chi connectivity index (χ2n) is 11.6. The maximum Gasteiger partial charge on any atom is 0.326 e. The molecule has 41 heavy (non-hydrogen) atoms. The largest absolute Gasteiger partial charge is 0.493 e. The number of benzene rings is 2. The summed E-state index contributed by atoms with van der Waals surface area (Å²) in [5.41, 5.74) is 4.23. The standard InChI is InChI=1S/C32H41N3O6/c1-22-17-24(7-9-28(22)41-16-14-35-30(36)11-13-33(2)32(35)39)21-34(20-23-5-3-4-6-23)27(19-31(37)38)25-8-10-29-26(18-25)12-15-40-29/h7-10,17-18,23,27H,3-6,11-16,19-21H2,1-2H3,(H,37,38). The Morgan fingerprint density at radius 2 is 1.95 bits per heavy atom. The van der Waals surface area contributed by atoms with Crippen LogP contribution in [0.15, 0.2) is 36.4 Å². The number of hydrogen-bond donors (Lipinski definition) is 1. The number of amides is 3. The van der Waals surface area contributed by atoms with Gasteiger partial charge < -0.3 is 19.5 Å². The number of aryl methyl sites for hydroxylation is 1. The highest BCUT2D eigenvalue weighted by Gasteiger charge is 2.30. The number of nitrogens with zero attached hydrogens (tertiary/aromatic N) is 3. The van der Waals surface area contributed by atoms with Crippen molar-refractivity contribution in [2.45, 2.75) is 64.5 Å². The second-order valence-corrected chi connectivity index (χ2v) is 11.6. The first-order valence-corrected chi connectivity index (χ1v) is 14.8. The van der Waals surface area contributed by atoms with E-state index in [0.29, 0.717) is 37.8 Å². The van der Waals surface area contributed by atoms with Gasteiger partial charge in [-0.1, -0.05) is 37.1 Å². The van der Waals surface area contributed by atoms with Crippen LogP contribution in [0.25, 0.3) is 0 Å². The minimum absolute atomic E-state index is 0.0374. The molecule has 1 saturated carbocycles. The molecule has 2 aliphatic heterocycles. The maximum absolute atomic E-state index is 12.3. The van der Waals surface area contributed by atoms with Gasteiger partial charge in [-0.25, -0.2) is 4.79 Å². The van der Waals surface area contributed by atoms with Gasteiger partial charge in [-0.3, -0.25) is 19.4 Å². The maximum atomic E-state index is 12.3. The van der Waals surface area contributed by atoms with Gasteiger partial charge in [-0.2, -0.15) is 0 Å². The molecule has 0 bridgehead atoms. The third kappa shape index (κ3) is 7.01. The Morgan fingerprint density at radius 3 is 2.71 bits per heavy atom. The van der Waals surface area contributed by atoms with E-state index in [2.05, 4.69) is 17.0 Å². The Morgan fingerprint density at radius 1 is 1.15 bits per heavy atom. The van der Waals surface area contributed by atoms with Crippen molar-refractivity contribution in [3.05, 3.63) is 58.7 Å². The highest BCUT2D eigenvalue weighted by Crippen LogP contribution is 2.35. The molecule has 1 saturated heterocycles. The molecular formula is C32H41N3O6. The molecule has 220 valence electrons. The van der Waals surface area contributed by atoms with Gasteiger partial charge in [0.1, 0.15) is 18.1 Å². The lowest BCUT2D eigenvalue weighted by Gasteiger charge is -2.34. The van der Waals surface area contributed by atoms with E-state index in [1.807, 2.05) is 31.2 Å². The monoisotopic (exact) mass is 563 g/mol. The molecule has 2 aromatic carbocycles. The molecule has 1 N–H and O–H groups in total. The average Bonchev–Trinajstić information content (AvgIpc) is 3.64. The number of ether oxygens (including phenoxy) is 2. The van der Waals surface area contributed by atoms with Crippen LogP contribution in [0.2, 0.25) is 0 Å². The van der Waals surface area contributed by atoms with Crippen molar-refractivity contribution in [3.8, 4) is 11.5 Å². The average molecular weight is 564 g/mol. The third-order valence-corrected chi connectivity index (χ3v) is 8.59. The quantitative estimate of drug-likeness (QED) is 0.396. The van der Waals surface area contributed by atoms with E-state index in [9.17, 15) is 19.5 Å². The van der Waals surface area contributed by atoms with E-state index in [0.717, 1.165) is 41.0 Å². The molecule has 2 fully saturated rings. The summed E-state index contributed by atoms with van der Waals surface area (Å²) in [6.07, 6.45) is 6.03. The highest BCUT2D eigenvalue weighted by atomic mass is 16.5. The van der Waals surface area contributed by atoms with Crippen molar-refractivity contribution in [1.82, 2.24) is 14.7 Å². The highest BCUT2D eigenvalue weighted by molar-refractivity contribution is 5.96. The van der Waals surface area contributed by atoms with Gasteiger partial charge in [-0.15, -0.1) is 0 Å². The molecule has 3 aliphatic rings. The molecule has 1 unspecified atom stereocenters. The minimum Gasteiger partial charge on any atom is -0.493 e. The molecule has 2 aromatic rings. The first kappa shape index (κ1) is 28.9.